The molecule has 0 saturated carbocycles. The van der Waals surface area contributed by atoms with Gasteiger partial charge in [-0.25, -0.2) is 0 Å². The van der Waals surface area contributed by atoms with Crippen molar-refractivity contribution in [1.29, 1.82) is 0 Å². The van der Waals surface area contributed by atoms with Crippen molar-refractivity contribution in [2.45, 2.75) is 46.2 Å². The molecule has 0 radical (unpaired) electrons. The van der Waals surface area contributed by atoms with Gasteiger partial charge in [-0.15, -0.1) is 0 Å². The SMILES string of the molecule is CCc1noc(C(C)N2CCN(C(=O)[C@@H](N)C(C)C)CC2)n1. The fourth-order valence-corrected chi connectivity index (χ4v) is 2.56. The maximum atomic E-state index is 12.3. The first-order valence-corrected chi connectivity index (χ1v) is 8.05. The van der Waals surface area contributed by atoms with Crippen LogP contribution in [0, 0.1) is 5.92 Å². The highest BCUT2D eigenvalue weighted by atomic mass is 16.5. The Hall–Kier alpha value is -1.47. The third kappa shape index (κ3) is 3.64. The predicted molar refractivity (Wildman–Crippen MR) is 83.1 cm³/mol. The molecule has 1 fully saturated rings. The van der Waals surface area contributed by atoms with Crippen molar-refractivity contribution in [3.63, 3.8) is 0 Å². The molecule has 1 aliphatic rings. The number of hydrogen-bond donors (Lipinski definition) is 1. The molecule has 7 heteroatoms. The topological polar surface area (TPSA) is 88.5 Å². The van der Waals surface area contributed by atoms with Crippen molar-refractivity contribution in [2.24, 2.45) is 11.7 Å². The highest BCUT2D eigenvalue weighted by molar-refractivity contribution is 5.82. The molecule has 1 unspecified atom stereocenters. The van der Waals surface area contributed by atoms with Gasteiger partial charge < -0.3 is 15.2 Å². The van der Waals surface area contributed by atoms with Crippen LogP contribution in [0.15, 0.2) is 4.52 Å². The van der Waals surface area contributed by atoms with E-state index in [0.29, 0.717) is 19.0 Å². The highest BCUT2D eigenvalue weighted by Crippen LogP contribution is 2.20. The van der Waals surface area contributed by atoms with Crippen LogP contribution in [-0.2, 0) is 11.2 Å². The number of nitrogens with zero attached hydrogens (tertiary/aromatic N) is 4. The third-order valence-corrected chi connectivity index (χ3v) is 4.33. The summed E-state index contributed by atoms with van der Waals surface area (Å²) < 4.78 is 5.31. The fourth-order valence-electron chi connectivity index (χ4n) is 2.56. The monoisotopic (exact) mass is 309 g/mol. The molecule has 1 amide bonds. The van der Waals surface area contributed by atoms with Gasteiger partial charge in [0.15, 0.2) is 5.82 Å². The van der Waals surface area contributed by atoms with E-state index in [2.05, 4.69) is 22.0 Å². The quantitative estimate of drug-likeness (QED) is 0.866. The smallest absolute Gasteiger partial charge is 0.243 e. The normalized spacial score (nSPS) is 19.5. The van der Waals surface area contributed by atoms with E-state index in [9.17, 15) is 4.79 Å². The zero-order valence-electron chi connectivity index (χ0n) is 14.0. The second kappa shape index (κ2) is 7.19. The van der Waals surface area contributed by atoms with Gasteiger partial charge in [0.25, 0.3) is 0 Å². The molecule has 124 valence electrons. The molecule has 1 aromatic heterocycles. The van der Waals surface area contributed by atoms with E-state index >= 15 is 0 Å². The Bertz CT molecular complexity index is 494. The summed E-state index contributed by atoms with van der Waals surface area (Å²) in [5, 5.41) is 3.94. The summed E-state index contributed by atoms with van der Waals surface area (Å²) in [5.41, 5.74) is 5.96. The molecule has 0 aliphatic carbocycles. The number of piperazine rings is 1. The van der Waals surface area contributed by atoms with Crippen LogP contribution in [0.5, 0.6) is 0 Å². The molecule has 2 atom stereocenters. The minimum absolute atomic E-state index is 0.0494. The van der Waals surface area contributed by atoms with Crippen molar-refractivity contribution in [1.82, 2.24) is 19.9 Å². The molecule has 0 bridgehead atoms. The number of carbonyl (C=O) groups excluding carboxylic acids is 1. The van der Waals surface area contributed by atoms with E-state index in [4.69, 9.17) is 10.3 Å². The number of aryl methyl sites for hydroxylation is 1. The zero-order valence-corrected chi connectivity index (χ0v) is 14.0. The summed E-state index contributed by atoms with van der Waals surface area (Å²) >= 11 is 0. The maximum absolute atomic E-state index is 12.3. The Morgan fingerprint density at radius 2 is 1.91 bits per heavy atom. The van der Waals surface area contributed by atoms with Crippen molar-refractivity contribution in [3.8, 4) is 0 Å². The Labute approximate surface area is 131 Å². The van der Waals surface area contributed by atoms with Crippen molar-refractivity contribution in [3.05, 3.63) is 11.7 Å². The Morgan fingerprint density at radius 3 is 2.41 bits per heavy atom. The number of hydrogen-bond acceptors (Lipinski definition) is 6. The molecule has 22 heavy (non-hydrogen) atoms. The van der Waals surface area contributed by atoms with E-state index in [1.165, 1.54) is 0 Å². The summed E-state index contributed by atoms with van der Waals surface area (Å²) in [4.78, 5) is 20.8. The number of rotatable bonds is 5. The average molecular weight is 309 g/mol. The van der Waals surface area contributed by atoms with E-state index < -0.39 is 6.04 Å². The molecule has 2 rings (SSSR count). The lowest BCUT2D eigenvalue weighted by atomic mass is 10.0. The Kier molecular flexibility index (Phi) is 5.52. The van der Waals surface area contributed by atoms with Gasteiger partial charge in [-0.1, -0.05) is 25.9 Å². The van der Waals surface area contributed by atoms with Crippen LogP contribution in [0.2, 0.25) is 0 Å². The van der Waals surface area contributed by atoms with Crippen molar-refractivity contribution in [2.75, 3.05) is 26.2 Å². The minimum atomic E-state index is -0.410. The predicted octanol–water partition coefficient (Wildman–Crippen LogP) is 0.821. The van der Waals surface area contributed by atoms with Crippen LogP contribution in [0.3, 0.4) is 0 Å². The zero-order chi connectivity index (χ0) is 16.3. The number of amides is 1. The van der Waals surface area contributed by atoms with Crippen LogP contribution < -0.4 is 5.73 Å². The Morgan fingerprint density at radius 1 is 1.27 bits per heavy atom. The second-order valence-corrected chi connectivity index (χ2v) is 6.21. The average Bonchev–Trinajstić information content (AvgIpc) is 3.01. The van der Waals surface area contributed by atoms with Crippen molar-refractivity contribution >= 4 is 5.91 Å². The second-order valence-electron chi connectivity index (χ2n) is 6.21. The van der Waals surface area contributed by atoms with Gasteiger partial charge in [0.2, 0.25) is 11.8 Å². The number of aromatic nitrogens is 2. The summed E-state index contributed by atoms with van der Waals surface area (Å²) in [6, 6.07) is -0.337. The molecular weight excluding hydrogens is 282 g/mol. The van der Waals surface area contributed by atoms with Gasteiger partial charge in [-0.3, -0.25) is 9.69 Å². The van der Waals surface area contributed by atoms with Gasteiger partial charge in [-0.2, -0.15) is 4.98 Å². The fraction of sp³-hybridized carbons (Fsp3) is 0.800. The number of carbonyl (C=O) groups is 1. The first kappa shape index (κ1) is 16.9. The summed E-state index contributed by atoms with van der Waals surface area (Å²) in [6.45, 7) is 11.0. The van der Waals surface area contributed by atoms with Crippen LogP contribution >= 0.6 is 0 Å². The molecule has 1 saturated heterocycles. The summed E-state index contributed by atoms with van der Waals surface area (Å²) in [5.74, 6) is 1.60. The van der Waals surface area contributed by atoms with Gasteiger partial charge in [-0.05, 0) is 12.8 Å². The minimum Gasteiger partial charge on any atom is -0.339 e. The molecule has 1 aliphatic heterocycles. The molecule has 1 aromatic rings. The molecule has 2 N–H and O–H groups in total. The molecule has 0 aromatic carbocycles. The van der Waals surface area contributed by atoms with Gasteiger partial charge in [0.05, 0.1) is 12.1 Å². The van der Waals surface area contributed by atoms with E-state index in [1.54, 1.807) is 0 Å². The molecule has 0 spiro atoms. The summed E-state index contributed by atoms with van der Waals surface area (Å²) in [7, 11) is 0. The van der Waals surface area contributed by atoms with Crippen LogP contribution in [0.1, 0.15) is 45.5 Å². The van der Waals surface area contributed by atoms with Gasteiger partial charge in [0.1, 0.15) is 0 Å². The lowest BCUT2D eigenvalue weighted by Gasteiger charge is -2.38. The maximum Gasteiger partial charge on any atom is 0.243 e. The first-order valence-electron chi connectivity index (χ1n) is 8.05. The van der Waals surface area contributed by atoms with E-state index in [0.717, 1.165) is 25.3 Å². The van der Waals surface area contributed by atoms with Crippen LogP contribution in [0.4, 0.5) is 0 Å². The standard InChI is InChI=1S/C15H27N5O2/c1-5-12-17-14(22-18-12)11(4)19-6-8-20(9-7-19)15(21)13(16)10(2)3/h10-11,13H,5-9,16H2,1-4H3/t11?,13-/m0/s1. The number of nitrogens with two attached hydrogens (primary N) is 1. The lowest BCUT2D eigenvalue weighted by Crippen LogP contribution is -2.54. The van der Waals surface area contributed by atoms with Crippen LogP contribution in [-0.4, -0.2) is 58.1 Å². The molecule has 7 nitrogen and oxygen atoms in total. The first-order chi connectivity index (χ1) is 10.4. The Balaban J connectivity index is 1.90. The van der Waals surface area contributed by atoms with E-state index in [-0.39, 0.29) is 17.9 Å². The van der Waals surface area contributed by atoms with E-state index in [1.807, 2.05) is 25.7 Å². The van der Waals surface area contributed by atoms with Gasteiger partial charge in [0, 0.05) is 32.6 Å². The lowest BCUT2D eigenvalue weighted by molar-refractivity contribution is -0.135. The largest absolute Gasteiger partial charge is 0.339 e. The molecule has 2 heterocycles. The van der Waals surface area contributed by atoms with Gasteiger partial charge >= 0.3 is 0 Å². The highest BCUT2D eigenvalue weighted by Gasteiger charge is 2.30. The summed E-state index contributed by atoms with van der Waals surface area (Å²) in [6.07, 6.45) is 0.769. The van der Waals surface area contributed by atoms with Crippen molar-refractivity contribution < 1.29 is 9.32 Å². The molecular formula is C15H27N5O2. The third-order valence-electron chi connectivity index (χ3n) is 4.33. The van der Waals surface area contributed by atoms with Crippen LogP contribution in [0.25, 0.3) is 0 Å².